The van der Waals surface area contributed by atoms with Crippen LogP contribution in [-0.2, 0) is 6.54 Å². The van der Waals surface area contributed by atoms with E-state index < -0.39 is 0 Å². The summed E-state index contributed by atoms with van der Waals surface area (Å²) in [6, 6.07) is 6.78. The Kier molecular flexibility index (Phi) is 3.10. The zero-order valence-corrected chi connectivity index (χ0v) is 9.54. The molecule has 1 atom stereocenters. The number of hydrogen-bond acceptors (Lipinski definition) is 3. The first-order chi connectivity index (χ1) is 8.09. The molecule has 0 aliphatic heterocycles. The van der Waals surface area contributed by atoms with Gasteiger partial charge in [0.25, 0.3) is 5.69 Å². The van der Waals surface area contributed by atoms with Gasteiger partial charge in [0.1, 0.15) is 0 Å². The molecule has 0 amide bonds. The Morgan fingerprint density at radius 1 is 1.47 bits per heavy atom. The van der Waals surface area contributed by atoms with Crippen molar-refractivity contribution in [1.82, 2.24) is 4.57 Å². The minimum absolute atomic E-state index is 0.123. The first kappa shape index (κ1) is 11.6. The number of hydrogen-bond donors (Lipinski definition) is 1. The maximum absolute atomic E-state index is 10.8. The number of aliphatic hydroxyl groups excluding tert-OH is 1. The van der Waals surface area contributed by atoms with Gasteiger partial charge < -0.3 is 9.67 Å². The minimum atomic E-state index is -0.374. The number of aromatic nitrogens is 1. The molecule has 1 aromatic heterocycles. The van der Waals surface area contributed by atoms with Crippen molar-refractivity contribution in [3.05, 3.63) is 40.6 Å². The molecule has 0 fully saturated rings. The molecule has 0 aliphatic carbocycles. The summed E-state index contributed by atoms with van der Waals surface area (Å²) in [4.78, 5) is 10.5. The molecule has 5 heteroatoms. The molecule has 1 heterocycles. The molecule has 1 aromatic carbocycles. The van der Waals surface area contributed by atoms with Gasteiger partial charge in [-0.3, -0.25) is 10.1 Å². The third kappa shape index (κ3) is 2.29. The fourth-order valence-electron chi connectivity index (χ4n) is 1.89. The molecule has 0 saturated heterocycles. The fourth-order valence-corrected chi connectivity index (χ4v) is 1.89. The lowest BCUT2D eigenvalue weighted by atomic mass is 10.2. The Bertz CT molecular complexity index is 546. The molecule has 0 radical (unpaired) electrons. The monoisotopic (exact) mass is 234 g/mol. The number of nitro benzene ring substituents is 1. The number of benzene rings is 1. The van der Waals surface area contributed by atoms with Gasteiger partial charge in [0.05, 0.1) is 21.9 Å². The van der Waals surface area contributed by atoms with E-state index in [1.165, 1.54) is 6.07 Å². The van der Waals surface area contributed by atoms with E-state index in [2.05, 4.69) is 0 Å². The molecule has 17 heavy (non-hydrogen) atoms. The van der Waals surface area contributed by atoms with Gasteiger partial charge in [-0.05, 0) is 25.5 Å². The second kappa shape index (κ2) is 4.55. The third-order valence-electron chi connectivity index (χ3n) is 2.78. The summed E-state index contributed by atoms with van der Waals surface area (Å²) in [7, 11) is 0. The van der Waals surface area contributed by atoms with Crippen LogP contribution < -0.4 is 0 Å². The maximum atomic E-state index is 10.8. The van der Waals surface area contributed by atoms with Crippen LogP contribution in [0.1, 0.15) is 13.3 Å². The number of aliphatic hydroxyl groups is 1. The predicted octanol–water partition coefficient (Wildman–Crippen LogP) is 2.32. The van der Waals surface area contributed by atoms with Crippen LogP contribution in [0.4, 0.5) is 5.69 Å². The van der Waals surface area contributed by atoms with E-state index in [9.17, 15) is 15.2 Å². The van der Waals surface area contributed by atoms with Crippen molar-refractivity contribution >= 4 is 16.6 Å². The van der Waals surface area contributed by atoms with Gasteiger partial charge in [0.2, 0.25) is 0 Å². The van der Waals surface area contributed by atoms with Crippen LogP contribution in [0.15, 0.2) is 30.5 Å². The Hall–Kier alpha value is -1.88. The highest BCUT2D eigenvalue weighted by Crippen LogP contribution is 2.26. The van der Waals surface area contributed by atoms with E-state index in [4.69, 9.17) is 0 Å². The highest BCUT2D eigenvalue weighted by Gasteiger charge is 2.13. The Morgan fingerprint density at radius 3 is 2.88 bits per heavy atom. The summed E-state index contributed by atoms with van der Waals surface area (Å²) >= 11 is 0. The number of aryl methyl sites for hydroxylation is 1. The standard InChI is InChI=1S/C12H14N2O3/c1-9(15)5-7-13-8-6-10-11(13)3-2-4-12(10)14(16)17/h2-4,6,8-9,15H,5,7H2,1H3. The molecule has 0 aliphatic rings. The lowest BCUT2D eigenvalue weighted by Crippen LogP contribution is -2.05. The molecule has 2 rings (SSSR count). The average Bonchev–Trinajstić information content (AvgIpc) is 2.68. The fraction of sp³-hybridized carbons (Fsp3) is 0.333. The zero-order valence-electron chi connectivity index (χ0n) is 9.54. The molecule has 0 saturated carbocycles. The van der Waals surface area contributed by atoms with Crippen LogP contribution >= 0.6 is 0 Å². The van der Waals surface area contributed by atoms with E-state index in [-0.39, 0.29) is 16.7 Å². The van der Waals surface area contributed by atoms with Crippen molar-refractivity contribution in [2.24, 2.45) is 0 Å². The van der Waals surface area contributed by atoms with Crippen molar-refractivity contribution in [1.29, 1.82) is 0 Å². The molecule has 0 bridgehead atoms. The molecular weight excluding hydrogens is 220 g/mol. The van der Waals surface area contributed by atoms with Crippen molar-refractivity contribution < 1.29 is 10.0 Å². The summed E-state index contributed by atoms with van der Waals surface area (Å²) in [5.74, 6) is 0. The molecule has 5 nitrogen and oxygen atoms in total. The van der Waals surface area contributed by atoms with E-state index in [1.807, 2.05) is 16.8 Å². The second-order valence-corrected chi connectivity index (χ2v) is 4.11. The van der Waals surface area contributed by atoms with Gasteiger partial charge in [0.15, 0.2) is 0 Å². The smallest absolute Gasteiger partial charge is 0.278 e. The molecule has 0 spiro atoms. The lowest BCUT2D eigenvalue weighted by Gasteiger charge is -2.07. The van der Waals surface area contributed by atoms with E-state index in [1.54, 1.807) is 19.1 Å². The van der Waals surface area contributed by atoms with Gasteiger partial charge in [-0.15, -0.1) is 0 Å². The maximum Gasteiger partial charge on any atom is 0.278 e. The molecule has 2 aromatic rings. The van der Waals surface area contributed by atoms with Crippen LogP contribution in [0.2, 0.25) is 0 Å². The lowest BCUT2D eigenvalue weighted by molar-refractivity contribution is -0.383. The Balaban J connectivity index is 2.40. The Labute approximate surface area is 98.4 Å². The van der Waals surface area contributed by atoms with Crippen molar-refractivity contribution in [2.75, 3.05) is 0 Å². The third-order valence-corrected chi connectivity index (χ3v) is 2.78. The van der Waals surface area contributed by atoms with Crippen molar-refractivity contribution in [2.45, 2.75) is 26.0 Å². The summed E-state index contributed by atoms with van der Waals surface area (Å²) < 4.78 is 1.93. The average molecular weight is 234 g/mol. The number of fused-ring (bicyclic) bond motifs is 1. The van der Waals surface area contributed by atoms with Crippen molar-refractivity contribution in [3.8, 4) is 0 Å². The van der Waals surface area contributed by atoms with Crippen LogP contribution in [0, 0.1) is 10.1 Å². The SMILES string of the molecule is CC(O)CCn1ccc2c([N+](=O)[O-])cccc21. The number of rotatable bonds is 4. The topological polar surface area (TPSA) is 68.3 Å². The highest BCUT2D eigenvalue weighted by molar-refractivity contribution is 5.89. The van der Waals surface area contributed by atoms with Gasteiger partial charge >= 0.3 is 0 Å². The molecule has 1 unspecified atom stereocenters. The number of nitrogens with zero attached hydrogens (tertiary/aromatic N) is 2. The van der Waals surface area contributed by atoms with Gasteiger partial charge in [-0.25, -0.2) is 0 Å². The Morgan fingerprint density at radius 2 is 2.24 bits per heavy atom. The first-order valence-electron chi connectivity index (χ1n) is 5.50. The van der Waals surface area contributed by atoms with Gasteiger partial charge in [-0.2, -0.15) is 0 Å². The number of nitro groups is 1. The van der Waals surface area contributed by atoms with Crippen LogP contribution in [0.25, 0.3) is 10.9 Å². The normalized spacial score (nSPS) is 12.8. The predicted molar refractivity (Wildman–Crippen MR) is 64.9 cm³/mol. The molecule has 90 valence electrons. The van der Waals surface area contributed by atoms with Gasteiger partial charge in [-0.1, -0.05) is 6.07 Å². The highest BCUT2D eigenvalue weighted by atomic mass is 16.6. The summed E-state index contributed by atoms with van der Waals surface area (Å²) in [6.07, 6.45) is 2.08. The van der Waals surface area contributed by atoms with E-state index >= 15 is 0 Å². The molecular formula is C12H14N2O3. The van der Waals surface area contributed by atoms with Gasteiger partial charge in [0, 0.05) is 18.8 Å². The quantitative estimate of drug-likeness (QED) is 0.652. The van der Waals surface area contributed by atoms with Crippen LogP contribution in [-0.4, -0.2) is 20.7 Å². The molecule has 1 N–H and O–H groups in total. The van der Waals surface area contributed by atoms with Crippen molar-refractivity contribution in [3.63, 3.8) is 0 Å². The summed E-state index contributed by atoms with van der Waals surface area (Å²) in [5.41, 5.74) is 0.957. The van der Waals surface area contributed by atoms with Crippen LogP contribution in [0.5, 0.6) is 0 Å². The van der Waals surface area contributed by atoms with E-state index in [0.29, 0.717) is 18.4 Å². The summed E-state index contributed by atoms with van der Waals surface area (Å²) in [6.45, 7) is 2.39. The van der Waals surface area contributed by atoms with Crippen LogP contribution in [0.3, 0.4) is 0 Å². The first-order valence-corrected chi connectivity index (χ1v) is 5.50. The minimum Gasteiger partial charge on any atom is -0.393 e. The summed E-state index contributed by atoms with van der Waals surface area (Å²) in [5, 5.41) is 20.7. The largest absolute Gasteiger partial charge is 0.393 e. The zero-order chi connectivity index (χ0) is 12.4. The second-order valence-electron chi connectivity index (χ2n) is 4.11. The van der Waals surface area contributed by atoms with E-state index in [0.717, 1.165) is 5.52 Å². The number of non-ortho nitro benzene ring substituents is 1.